The largest absolute Gasteiger partial charge is 0.396 e. The number of fused-ring (bicyclic) bond motifs is 3. The number of rotatable bonds is 4. The molecule has 0 unspecified atom stereocenters. The summed E-state index contributed by atoms with van der Waals surface area (Å²) in [6.45, 7) is 11.1. The number of aliphatic hydroxyl groups is 2. The highest BCUT2D eigenvalue weighted by Gasteiger charge is 2.59. The van der Waals surface area contributed by atoms with Crippen LogP contribution in [0, 0.1) is 23.2 Å². The summed E-state index contributed by atoms with van der Waals surface area (Å²) in [7, 11) is 0. The van der Waals surface area contributed by atoms with Crippen LogP contribution in [0.4, 0.5) is 0 Å². The van der Waals surface area contributed by atoms with Gasteiger partial charge in [0.05, 0.1) is 5.60 Å². The van der Waals surface area contributed by atoms with Gasteiger partial charge in [-0.2, -0.15) is 0 Å². The quantitative estimate of drug-likeness (QED) is 0.763. The lowest BCUT2D eigenvalue weighted by Gasteiger charge is -2.48. The van der Waals surface area contributed by atoms with E-state index < -0.39 is 5.60 Å². The molecule has 0 amide bonds. The predicted octanol–water partition coefficient (Wildman–Crippen LogP) is 4.23. The molecule has 0 aromatic heterocycles. The maximum Gasteiger partial charge on any atom is 0.0676 e. The van der Waals surface area contributed by atoms with Crippen LogP contribution in [-0.4, -0.2) is 22.4 Å². The van der Waals surface area contributed by atoms with Gasteiger partial charge in [0, 0.05) is 12.5 Å². The van der Waals surface area contributed by atoms with Gasteiger partial charge >= 0.3 is 0 Å². The molecule has 3 rings (SSSR count). The fourth-order valence-electron chi connectivity index (χ4n) is 5.79. The second kappa shape index (κ2) is 5.49. The lowest BCUT2D eigenvalue weighted by Crippen LogP contribution is -2.46. The van der Waals surface area contributed by atoms with Crippen molar-refractivity contribution in [1.82, 2.24) is 0 Å². The van der Waals surface area contributed by atoms with Gasteiger partial charge in [-0.15, -0.1) is 0 Å². The molecule has 0 aromatic carbocycles. The van der Waals surface area contributed by atoms with Crippen LogP contribution in [0.25, 0.3) is 0 Å². The Kier molecular flexibility index (Phi) is 4.06. The van der Waals surface area contributed by atoms with Crippen LogP contribution in [0.15, 0.2) is 23.3 Å². The Balaban J connectivity index is 1.93. The van der Waals surface area contributed by atoms with Crippen LogP contribution in [0.5, 0.6) is 0 Å². The smallest absolute Gasteiger partial charge is 0.0676 e. The summed E-state index contributed by atoms with van der Waals surface area (Å²) in [5, 5.41) is 20.1. The average molecular weight is 304 g/mol. The van der Waals surface area contributed by atoms with Crippen molar-refractivity contribution in [2.24, 2.45) is 23.2 Å². The first kappa shape index (κ1) is 16.3. The van der Waals surface area contributed by atoms with Crippen molar-refractivity contribution >= 4 is 0 Å². The van der Waals surface area contributed by atoms with Gasteiger partial charge in [0.15, 0.2) is 0 Å². The number of hydrogen-bond acceptors (Lipinski definition) is 2. The summed E-state index contributed by atoms with van der Waals surface area (Å²) < 4.78 is 0. The van der Waals surface area contributed by atoms with Crippen molar-refractivity contribution in [3.63, 3.8) is 0 Å². The fraction of sp³-hybridized carbons (Fsp3) is 0.800. The third-order valence-corrected chi connectivity index (χ3v) is 7.36. The van der Waals surface area contributed by atoms with Crippen LogP contribution in [0.2, 0.25) is 0 Å². The van der Waals surface area contributed by atoms with Crippen LogP contribution in [0.1, 0.15) is 65.7 Å². The fourth-order valence-corrected chi connectivity index (χ4v) is 5.79. The van der Waals surface area contributed by atoms with E-state index in [0.717, 1.165) is 38.5 Å². The summed E-state index contributed by atoms with van der Waals surface area (Å²) in [6.07, 6.45) is 7.45. The van der Waals surface area contributed by atoms with E-state index in [1.807, 2.05) is 0 Å². The van der Waals surface area contributed by atoms with Crippen LogP contribution < -0.4 is 0 Å². The molecular weight excluding hydrogens is 272 g/mol. The molecule has 2 saturated carbocycles. The van der Waals surface area contributed by atoms with Gasteiger partial charge in [-0.05, 0) is 76.0 Å². The van der Waals surface area contributed by atoms with E-state index >= 15 is 0 Å². The molecule has 0 aromatic rings. The Morgan fingerprint density at radius 1 is 1.32 bits per heavy atom. The third kappa shape index (κ3) is 2.22. The van der Waals surface area contributed by atoms with Crippen LogP contribution in [0.3, 0.4) is 0 Å². The molecule has 0 radical (unpaired) electrons. The monoisotopic (exact) mass is 304 g/mol. The second-order valence-corrected chi connectivity index (χ2v) is 8.46. The molecule has 5 atom stereocenters. The van der Waals surface area contributed by atoms with Crippen molar-refractivity contribution < 1.29 is 10.2 Å². The Hall–Kier alpha value is -0.600. The van der Waals surface area contributed by atoms with E-state index in [4.69, 9.17) is 0 Å². The minimum absolute atomic E-state index is 0.0766. The number of hydrogen-bond donors (Lipinski definition) is 2. The topological polar surface area (TPSA) is 40.5 Å². The van der Waals surface area contributed by atoms with Gasteiger partial charge in [-0.1, -0.05) is 30.2 Å². The Morgan fingerprint density at radius 2 is 2.05 bits per heavy atom. The first-order chi connectivity index (χ1) is 10.3. The second-order valence-electron chi connectivity index (χ2n) is 8.46. The zero-order chi connectivity index (χ0) is 16.1. The molecule has 0 spiro atoms. The zero-order valence-corrected chi connectivity index (χ0v) is 14.5. The van der Waals surface area contributed by atoms with E-state index in [2.05, 4.69) is 27.4 Å². The van der Waals surface area contributed by atoms with E-state index in [0.29, 0.717) is 17.8 Å². The minimum Gasteiger partial charge on any atom is -0.396 e. The van der Waals surface area contributed by atoms with Gasteiger partial charge in [-0.25, -0.2) is 0 Å². The molecule has 2 heteroatoms. The number of allylic oxidation sites excluding steroid dienone is 3. The maximum atomic E-state index is 10.9. The van der Waals surface area contributed by atoms with Crippen molar-refractivity contribution in [2.75, 3.05) is 6.61 Å². The zero-order valence-electron chi connectivity index (χ0n) is 14.5. The van der Waals surface area contributed by atoms with Crippen molar-refractivity contribution in [1.29, 1.82) is 0 Å². The summed E-state index contributed by atoms with van der Waals surface area (Å²) in [6, 6.07) is 0. The third-order valence-electron chi connectivity index (χ3n) is 7.36. The standard InChI is InChI=1S/C20H32O2/c1-13(2)16-12-17-15(14(16)6-5-11-21)7-9-19(3)18(17)8-10-20(19,4)22/h16-18,21-22H,1,5-12H2,2-4H3/t16-,17-,18+,19+,20+/m1/s1. The molecule has 3 aliphatic rings. The van der Waals surface area contributed by atoms with Gasteiger partial charge in [0.2, 0.25) is 0 Å². The summed E-state index contributed by atoms with van der Waals surface area (Å²) in [5.74, 6) is 1.78. The SMILES string of the molecule is C=C(C)[C@H]1C[C@@H]2C(=C1CCCO)CC[C@@]1(C)[C@H]2CC[C@]1(C)O. The van der Waals surface area contributed by atoms with Gasteiger partial charge in [0.25, 0.3) is 0 Å². The summed E-state index contributed by atoms with van der Waals surface area (Å²) >= 11 is 0. The Morgan fingerprint density at radius 3 is 2.68 bits per heavy atom. The molecule has 0 bridgehead atoms. The van der Waals surface area contributed by atoms with E-state index in [1.165, 1.54) is 12.0 Å². The Labute approximate surface area is 135 Å². The summed E-state index contributed by atoms with van der Waals surface area (Å²) in [4.78, 5) is 0. The van der Waals surface area contributed by atoms with Gasteiger partial charge < -0.3 is 10.2 Å². The molecule has 0 aliphatic heterocycles. The predicted molar refractivity (Wildman–Crippen MR) is 90.4 cm³/mol. The number of aliphatic hydroxyl groups excluding tert-OH is 1. The molecule has 22 heavy (non-hydrogen) atoms. The van der Waals surface area contributed by atoms with Crippen molar-refractivity contribution in [3.05, 3.63) is 23.3 Å². The highest BCUT2D eigenvalue weighted by molar-refractivity contribution is 5.35. The van der Waals surface area contributed by atoms with Crippen LogP contribution in [-0.2, 0) is 0 Å². The van der Waals surface area contributed by atoms with E-state index in [9.17, 15) is 10.2 Å². The first-order valence-corrected chi connectivity index (χ1v) is 9.02. The van der Waals surface area contributed by atoms with Gasteiger partial charge in [-0.3, -0.25) is 0 Å². The van der Waals surface area contributed by atoms with Crippen molar-refractivity contribution in [2.45, 2.75) is 71.3 Å². The molecule has 3 aliphatic carbocycles. The molecule has 0 saturated heterocycles. The molecule has 2 nitrogen and oxygen atoms in total. The maximum absolute atomic E-state index is 10.9. The molecule has 0 heterocycles. The van der Waals surface area contributed by atoms with Crippen LogP contribution >= 0.6 is 0 Å². The Bertz CT molecular complexity index is 502. The summed E-state index contributed by atoms with van der Waals surface area (Å²) in [5.41, 5.74) is 4.10. The molecule has 2 N–H and O–H groups in total. The highest BCUT2D eigenvalue weighted by atomic mass is 16.3. The molecular formula is C20H32O2. The van der Waals surface area contributed by atoms with E-state index in [-0.39, 0.29) is 12.0 Å². The lowest BCUT2D eigenvalue weighted by atomic mass is 9.59. The molecule has 2 fully saturated rings. The average Bonchev–Trinajstić information content (AvgIpc) is 2.92. The highest BCUT2D eigenvalue weighted by Crippen LogP contribution is 2.64. The minimum atomic E-state index is -0.504. The van der Waals surface area contributed by atoms with Crippen molar-refractivity contribution in [3.8, 4) is 0 Å². The lowest BCUT2D eigenvalue weighted by molar-refractivity contribution is -0.0740. The normalized spacial score (nSPS) is 44.1. The first-order valence-electron chi connectivity index (χ1n) is 9.02. The van der Waals surface area contributed by atoms with E-state index in [1.54, 1.807) is 11.1 Å². The van der Waals surface area contributed by atoms with Gasteiger partial charge in [0.1, 0.15) is 0 Å². The molecule has 124 valence electrons.